The van der Waals surface area contributed by atoms with Crippen LogP contribution in [0.15, 0.2) is 24.3 Å². The molecule has 84 valence electrons. The number of hydrogen-bond acceptors (Lipinski definition) is 3. The maximum absolute atomic E-state index is 8.84. The van der Waals surface area contributed by atoms with Crippen molar-refractivity contribution in [2.75, 3.05) is 19.6 Å². The lowest BCUT2D eigenvalue weighted by molar-refractivity contribution is 0.199. The van der Waals surface area contributed by atoms with E-state index in [-0.39, 0.29) is 0 Å². The first-order chi connectivity index (χ1) is 7.78. The van der Waals surface area contributed by atoms with E-state index in [0.29, 0.717) is 6.04 Å². The zero-order valence-electron chi connectivity index (χ0n) is 9.61. The van der Waals surface area contributed by atoms with Crippen LogP contribution in [-0.2, 0) is 6.54 Å². The molecule has 1 aliphatic heterocycles. The van der Waals surface area contributed by atoms with Gasteiger partial charge in [-0.15, -0.1) is 0 Å². The second-order valence-corrected chi connectivity index (χ2v) is 4.40. The summed E-state index contributed by atoms with van der Waals surface area (Å²) >= 11 is 0. The van der Waals surface area contributed by atoms with E-state index in [0.717, 1.165) is 31.7 Å². The van der Waals surface area contributed by atoms with Crippen molar-refractivity contribution in [3.63, 3.8) is 0 Å². The van der Waals surface area contributed by atoms with E-state index in [9.17, 15) is 0 Å². The number of benzene rings is 1. The third-order valence-electron chi connectivity index (χ3n) is 2.92. The molecule has 1 fully saturated rings. The SMILES string of the molecule is C[C@H]1CN(Cc2cccc(C#N)c2)CCN1. The Balaban J connectivity index is 2.00. The van der Waals surface area contributed by atoms with Gasteiger partial charge < -0.3 is 5.32 Å². The van der Waals surface area contributed by atoms with E-state index < -0.39 is 0 Å². The van der Waals surface area contributed by atoms with Crippen LogP contribution in [0.25, 0.3) is 0 Å². The highest BCUT2D eigenvalue weighted by atomic mass is 15.2. The molecule has 0 amide bonds. The van der Waals surface area contributed by atoms with Crippen molar-refractivity contribution in [3.8, 4) is 6.07 Å². The molecule has 0 saturated carbocycles. The molecule has 1 saturated heterocycles. The molecule has 0 radical (unpaired) electrons. The molecule has 1 atom stereocenters. The van der Waals surface area contributed by atoms with Crippen molar-refractivity contribution in [2.45, 2.75) is 19.5 Å². The van der Waals surface area contributed by atoms with Crippen molar-refractivity contribution in [2.24, 2.45) is 0 Å². The van der Waals surface area contributed by atoms with Gasteiger partial charge in [0.05, 0.1) is 11.6 Å². The van der Waals surface area contributed by atoms with Crippen LogP contribution in [0.3, 0.4) is 0 Å². The molecule has 0 bridgehead atoms. The van der Waals surface area contributed by atoms with Gasteiger partial charge in [0.25, 0.3) is 0 Å². The molecule has 0 spiro atoms. The van der Waals surface area contributed by atoms with Crippen LogP contribution < -0.4 is 5.32 Å². The maximum atomic E-state index is 8.84. The molecule has 1 N–H and O–H groups in total. The van der Waals surface area contributed by atoms with E-state index in [2.05, 4.69) is 29.3 Å². The standard InChI is InChI=1S/C13H17N3/c1-11-9-16(6-5-15-11)10-13-4-2-3-12(7-13)8-14/h2-4,7,11,15H,5-6,9-10H2,1H3/t11-/m0/s1. The van der Waals surface area contributed by atoms with Crippen LogP contribution >= 0.6 is 0 Å². The molecule has 16 heavy (non-hydrogen) atoms. The van der Waals surface area contributed by atoms with Gasteiger partial charge in [0.2, 0.25) is 0 Å². The fourth-order valence-corrected chi connectivity index (χ4v) is 2.15. The number of nitrogens with zero attached hydrogens (tertiary/aromatic N) is 2. The predicted molar refractivity (Wildman–Crippen MR) is 63.9 cm³/mol. The number of hydrogen-bond donors (Lipinski definition) is 1. The summed E-state index contributed by atoms with van der Waals surface area (Å²) in [4.78, 5) is 2.43. The lowest BCUT2D eigenvalue weighted by Crippen LogP contribution is -2.48. The summed E-state index contributed by atoms with van der Waals surface area (Å²) in [5.41, 5.74) is 1.98. The van der Waals surface area contributed by atoms with Crippen molar-refractivity contribution >= 4 is 0 Å². The summed E-state index contributed by atoms with van der Waals surface area (Å²) in [5.74, 6) is 0. The zero-order valence-corrected chi connectivity index (χ0v) is 9.61. The van der Waals surface area contributed by atoms with Gasteiger partial charge in [-0.3, -0.25) is 4.90 Å². The Morgan fingerprint density at radius 2 is 2.44 bits per heavy atom. The molecular formula is C13H17N3. The molecule has 0 aliphatic carbocycles. The van der Waals surface area contributed by atoms with Crippen LogP contribution in [0.5, 0.6) is 0 Å². The highest BCUT2D eigenvalue weighted by molar-refractivity contribution is 5.32. The molecule has 1 heterocycles. The van der Waals surface area contributed by atoms with E-state index in [1.165, 1.54) is 5.56 Å². The van der Waals surface area contributed by atoms with Gasteiger partial charge in [-0.2, -0.15) is 5.26 Å². The average molecular weight is 215 g/mol. The highest BCUT2D eigenvalue weighted by Crippen LogP contribution is 2.09. The molecule has 1 aliphatic rings. The van der Waals surface area contributed by atoms with Gasteiger partial charge in [0, 0.05) is 32.2 Å². The van der Waals surface area contributed by atoms with Crippen molar-refractivity contribution in [3.05, 3.63) is 35.4 Å². The molecule has 3 nitrogen and oxygen atoms in total. The topological polar surface area (TPSA) is 39.1 Å². The zero-order chi connectivity index (χ0) is 11.4. The van der Waals surface area contributed by atoms with E-state index in [1.807, 2.05) is 18.2 Å². The minimum Gasteiger partial charge on any atom is -0.312 e. The second kappa shape index (κ2) is 5.11. The molecule has 1 aromatic rings. The van der Waals surface area contributed by atoms with Gasteiger partial charge in [0.1, 0.15) is 0 Å². The lowest BCUT2D eigenvalue weighted by atomic mass is 10.1. The van der Waals surface area contributed by atoms with E-state index in [1.54, 1.807) is 0 Å². The van der Waals surface area contributed by atoms with Crippen molar-refractivity contribution in [1.29, 1.82) is 5.26 Å². The predicted octanol–water partition coefficient (Wildman–Crippen LogP) is 1.35. The van der Waals surface area contributed by atoms with Gasteiger partial charge >= 0.3 is 0 Å². The van der Waals surface area contributed by atoms with Crippen LogP contribution in [-0.4, -0.2) is 30.6 Å². The first-order valence-corrected chi connectivity index (χ1v) is 5.73. The van der Waals surface area contributed by atoms with Crippen molar-refractivity contribution < 1.29 is 0 Å². The fraction of sp³-hybridized carbons (Fsp3) is 0.462. The van der Waals surface area contributed by atoms with E-state index >= 15 is 0 Å². The quantitative estimate of drug-likeness (QED) is 0.809. The van der Waals surface area contributed by atoms with Crippen LogP contribution in [0.1, 0.15) is 18.1 Å². The fourth-order valence-electron chi connectivity index (χ4n) is 2.15. The molecule has 3 heteroatoms. The lowest BCUT2D eigenvalue weighted by Gasteiger charge is -2.31. The summed E-state index contributed by atoms with van der Waals surface area (Å²) in [6, 6.07) is 10.6. The first-order valence-electron chi connectivity index (χ1n) is 5.73. The smallest absolute Gasteiger partial charge is 0.0991 e. The Labute approximate surface area is 96.7 Å². The van der Waals surface area contributed by atoms with Crippen LogP contribution in [0, 0.1) is 11.3 Å². The Hall–Kier alpha value is -1.37. The summed E-state index contributed by atoms with van der Waals surface area (Å²) in [7, 11) is 0. The monoisotopic (exact) mass is 215 g/mol. The average Bonchev–Trinajstić information content (AvgIpc) is 2.29. The second-order valence-electron chi connectivity index (χ2n) is 4.40. The third kappa shape index (κ3) is 2.82. The minimum atomic E-state index is 0.563. The maximum Gasteiger partial charge on any atom is 0.0991 e. The number of nitrogens with one attached hydrogen (secondary N) is 1. The van der Waals surface area contributed by atoms with Crippen LogP contribution in [0.2, 0.25) is 0 Å². The molecule has 0 aromatic heterocycles. The number of nitriles is 1. The molecule has 0 unspecified atom stereocenters. The highest BCUT2D eigenvalue weighted by Gasteiger charge is 2.15. The summed E-state index contributed by atoms with van der Waals surface area (Å²) in [6.07, 6.45) is 0. The minimum absolute atomic E-state index is 0.563. The van der Waals surface area contributed by atoms with Crippen molar-refractivity contribution in [1.82, 2.24) is 10.2 Å². The third-order valence-corrected chi connectivity index (χ3v) is 2.92. The van der Waals surface area contributed by atoms with Crippen LogP contribution in [0.4, 0.5) is 0 Å². The molecule has 2 rings (SSSR count). The largest absolute Gasteiger partial charge is 0.312 e. The summed E-state index contributed by atoms with van der Waals surface area (Å²) in [5, 5.41) is 12.3. The number of piperazine rings is 1. The van der Waals surface area contributed by atoms with Gasteiger partial charge in [-0.05, 0) is 24.6 Å². The number of rotatable bonds is 2. The Bertz CT molecular complexity index is 394. The first kappa shape index (κ1) is 11.1. The Morgan fingerprint density at radius 1 is 1.56 bits per heavy atom. The normalized spacial score (nSPS) is 21.6. The molecule has 1 aromatic carbocycles. The van der Waals surface area contributed by atoms with Gasteiger partial charge in [-0.1, -0.05) is 12.1 Å². The summed E-state index contributed by atoms with van der Waals surface area (Å²) in [6.45, 7) is 6.37. The Morgan fingerprint density at radius 3 is 3.19 bits per heavy atom. The van der Waals surface area contributed by atoms with Gasteiger partial charge in [-0.25, -0.2) is 0 Å². The summed E-state index contributed by atoms with van der Waals surface area (Å²) < 4.78 is 0. The van der Waals surface area contributed by atoms with Gasteiger partial charge in [0.15, 0.2) is 0 Å². The molecular weight excluding hydrogens is 198 g/mol. The Kier molecular flexibility index (Phi) is 3.55. The van der Waals surface area contributed by atoms with E-state index in [4.69, 9.17) is 5.26 Å².